The Labute approximate surface area is 131 Å². The number of hydrogen-bond acceptors (Lipinski definition) is 5. The summed E-state index contributed by atoms with van der Waals surface area (Å²) in [7, 11) is 0. The molecule has 0 radical (unpaired) electrons. The predicted octanol–water partition coefficient (Wildman–Crippen LogP) is 2.96. The van der Waals surface area contributed by atoms with Gasteiger partial charge in [-0.05, 0) is 19.1 Å². The minimum atomic E-state index is -0.479. The van der Waals surface area contributed by atoms with Gasteiger partial charge < -0.3 is 0 Å². The third-order valence-corrected chi connectivity index (χ3v) is 3.38. The van der Waals surface area contributed by atoms with Crippen LogP contribution < -0.4 is 0 Å². The van der Waals surface area contributed by atoms with Crippen molar-refractivity contribution in [2.45, 2.75) is 6.92 Å². The van der Waals surface area contributed by atoms with Crippen LogP contribution >= 0.6 is 0 Å². The number of rotatable bonds is 4. The number of benzene rings is 2. The summed E-state index contributed by atoms with van der Waals surface area (Å²) in [6.07, 6.45) is 0.624. The molecule has 2 aromatic carbocycles. The average molecular weight is 308 g/mol. The van der Waals surface area contributed by atoms with Crippen LogP contribution in [0.2, 0.25) is 0 Å². The van der Waals surface area contributed by atoms with Gasteiger partial charge in [0.2, 0.25) is 0 Å². The van der Waals surface area contributed by atoms with Crippen molar-refractivity contribution < 1.29 is 9.72 Å². The standard InChI is InChI=1S/C16H12N4O3/c1-11-4-2-5-12(8-11)16-15(10-21)17-18-19(16)13-6-3-7-14(9-13)20(22)23/h2-10H,1H3. The Morgan fingerprint density at radius 2 is 1.96 bits per heavy atom. The molecule has 3 aromatic rings. The molecular weight excluding hydrogens is 296 g/mol. The molecule has 23 heavy (non-hydrogen) atoms. The Morgan fingerprint density at radius 1 is 1.17 bits per heavy atom. The van der Waals surface area contributed by atoms with Crippen LogP contribution in [0, 0.1) is 17.0 Å². The molecule has 0 amide bonds. The van der Waals surface area contributed by atoms with Crippen LogP contribution in [0.3, 0.4) is 0 Å². The first-order valence-corrected chi connectivity index (χ1v) is 6.83. The SMILES string of the molecule is Cc1cccc(-c2c(C=O)nnn2-c2cccc([N+](=O)[O-])c2)c1. The summed E-state index contributed by atoms with van der Waals surface area (Å²) >= 11 is 0. The van der Waals surface area contributed by atoms with Gasteiger partial charge >= 0.3 is 0 Å². The molecular formula is C16H12N4O3. The summed E-state index contributed by atoms with van der Waals surface area (Å²) in [5.74, 6) is 0. The number of carbonyl (C=O) groups is 1. The molecule has 0 saturated carbocycles. The first-order valence-electron chi connectivity index (χ1n) is 6.83. The first-order chi connectivity index (χ1) is 11.1. The Kier molecular flexibility index (Phi) is 3.68. The molecule has 0 fully saturated rings. The van der Waals surface area contributed by atoms with Crippen molar-refractivity contribution in [3.05, 3.63) is 69.9 Å². The fourth-order valence-electron chi connectivity index (χ4n) is 2.35. The van der Waals surface area contributed by atoms with Crippen LogP contribution in [0.1, 0.15) is 16.1 Å². The van der Waals surface area contributed by atoms with Gasteiger partial charge in [-0.25, -0.2) is 4.68 Å². The monoisotopic (exact) mass is 308 g/mol. The van der Waals surface area contributed by atoms with E-state index in [0.717, 1.165) is 11.1 Å². The number of non-ortho nitro benzene ring substituents is 1. The number of hydrogen-bond donors (Lipinski definition) is 0. The lowest BCUT2D eigenvalue weighted by Crippen LogP contribution is -2.01. The van der Waals surface area contributed by atoms with E-state index in [0.29, 0.717) is 17.7 Å². The highest BCUT2D eigenvalue weighted by atomic mass is 16.6. The third kappa shape index (κ3) is 2.71. The van der Waals surface area contributed by atoms with Gasteiger partial charge in [0.15, 0.2) is 12.0 Å². The molecule has 1 aromatic heterocycles. The van der Waals surface area contributed by atoms with E-state index in [1.54, 1.807) is 12.1 Å². The van der Waals surface area contributed by atoms with Crippen molar-refractivity contribution in [1.29, 1.82) is 0 Å². The molecule has 0 aliphatic rings. The lowest BCUT2D eigenvalue weighted by molar-refractivity contribution is -0.384. The second kappa shape index (κ2) is 5.80. The summed E-state index contributed by atoms with van der Waals surface area (Å²) in [4.78, 5) is 21.8. The van der Waals surface area contributed by atoms with Crippen molar-refractivity contribution >= 4 is 12.0 Å². The molecule has 0 atom stereocenters. The summed E-state index contributed by atoms with van der Waals surface area (Å²) in [5, 5.41) is 18.8. The van der Waals surface area contributed by atoms with Crippen LogP contribution in [-0.4, -0.2) is 26.2 Å². The third-order valence-electron chi connectivity index (χ3n) is 3.38. The van der Waals surface area contributed by atoms with Gasteiger partial charge in [-0.15, -0.1) is 5.10 Å². The van der Waals surface area contributed by atoms with E-state index in [-0.39, 0.29) is 11.4 Å². The van der Waals surface area contributed by atoms with Crippen molar-refractivity contribution in [3.8, 4) is 16.9 Å². The zero-order valence-corrected chi connectivity index (χ0v) is 12.2. The van der Waals surface area contributed by atoms with Crippen molar-refractivity contribution in [2.24, 2.45) is 0 Å². The van der Waals surface area contributed by atoms with E-state index >= 15 is 0 Å². The zero-order chi connectivity index (χ0) is 16.4. The molecule has 0 saturated heterocycles. The van der Waals surface area contributed by atoms with Gasteiger partial charge in [-0.2, -0.15) is 0 Å². The quantitative estimate of drug-likeness (QED) is 0.420. The Morgan fingerprint density at radius 3 is 2.65 bits per heavy atom. The van der Waals surface area contributed by atoms with Gasteiger partial charge in [0.25, 0.3) is 5.69 Å². The Balaban J connectivity index is 2.22. The maximum absolute atomic E-state index is 11.3. The fourth-order valence-corrected chi connectivity index (χ4v) is 2.35. The Bertz CT molecular complexity index is 902. The molecule has 1 heterocycles. The van der Waals surface area contributed by atoms with Gasteiger partial charge in [0.1, 0.15) is 5.69 Å². The average Bonchev–Trinajstić information content (AvgIpc) is 2.99. The minimum absolute atomic E-state index is 0.0548. The van der Waals surface area contributed by atoms with Crippen LogP contribution in [-0.2, 0) is 0 Å². The van der Waals surface area contributed by atoms with Crippen LogP contribution in [0.5, 0.6) is 0 Å². The summed E-state index contributed by atoms with van der Waals surface area (Å²) in [5.41, 5.74) is 2.89. The second-order valence-corrected chi connectivity index (χ2v) is 5.00. The first kappa shape index (κ1) is 14.6. The molecule has 3 rings (SSSR count). The summed E-state index contributed by atoms with van der Waals surface area (Å²) in [6, 6.07) is 13.6. The van der Waals surface area contributed by atoms with Gasteiger partial charge in [-0.1, -0.05) is 35.0 Å². The minimum Gasteiger partial charge on any atom is -0.296 e. The van der Waals surface area contributed by atoms with E-state index in [1.807, 2.05) is 31.2 Å². The number of nitrogens with zero attached hydrogens (tertiary/aromatic N) is 4. The van der Waals surface area contributed by atoms with E-state index in [9.17, 15) is 14.9 Å². The zero-order valence-electron chi connectivity index (χ0n) is 12.2. The Hall–Kier alpha value is -3.35. The molecule has 0 aliphatic carbocycles. The summed E-state index contributed by atoms with van der Waals surface area (Å²) < 4.78 is 1.44. The normalized spacial score (nSPS) is 10.5. The highest BCUT2D eigenvalue weighted by molar-refractivity contribution is 5.84. The number of aryl methyl sites for hydroxylation is 1. The molecule has 0 aliphatic heterocycles. The van der Waals surface area contributed by atoms with Gasteiger partial charge in [0.05, 0.1) is 10.6 Å². The van der Waals surface area contributed by atoms with Crippen LogP contribution in [0.4, 0.5) is 5.69 Å². The van der Waals surface area contributed by atoms with Crippen molar-refractivity contribution in [3.63, 3.8) is 0 Å². The molecule has 0 N–H and O–H groups in total. The predicted molar refractivity (Wildman–Crippen MR) is 83.6 cm³/mol. The molecule has 114 valence electrons. The molecule has 0 bridgehead atoms. The smallest absolute Gasteiger partial charge is 0.271 e. The van der Waals surface area contributed by atoms with E-state index in [4.69, 9.17) is 0 Å². The topological polar surface area (TPSA) is 90.9 Å². The maximum atomic E-state index is 11.3. The number of aromatic nitrogens is 3. The number of carbonyl (C=O) groups excluding carboxylic acids is 1. The number of nitro benzene ring substituents is 1. The van der Waals surface area contributed by atoms with Crippen LogP contribution in [0.15, 0.2) is 48.5 Å². The highest BCUT2D eigenvalue weighted by Crippen LogP contribution is 2.26. The summed E-state index contributed by atoms with van der Waals surface area (Å²) in [6.45, 7) is 1.94. The maximum Gasteiger partial charge on any atom is 0.271 e. The molecule has 7 heteroatoms. The van der Waals surface area contributed by atoms with Crippen LogP contribution in [0.25, 0.3) is 16.9 Å². The van der Waals surface area contributed by atoms with E-state index < -0.39 is 4.92 Å². The largest absolute Gasteiger partial charge is 0.296 e. The molecule has 7 nitrogen and oxygen atoms in total. The van der Waals surface area contributed by atoms with Crippen molar-refractivity contribution in [1.82, 2.24) is 15.0 Å². The van der Waals surface area contributed by atoms with E-state index in [2.05, 4.69) is 10.3 Å². The lowest BCUT2D eigenvalue weighted by atomic mass is 10.1. The number of aldehydes is 1. The highest BCUT2D eigenvalue weighted by Gasteiger charge is 2.17. The molecule has 0 spiro atoms. The van der Waals surface area contributed by atoms with Crippen molar-refractivity contribution in [2.75, 3.05) is 0 Å². The second-order valence-electron chi connectivity index (χ2n) is 5.00. The fraction of sp³-hybridized carbons (Fsp3) is 0.0625. The number of nitro groups is 1. The van der Waals surface area contributed by atoms with Gasteiger partial charge in [0, 0.05) is 17.7 Å². The van der Waals surface area contributed by atoms with Gasteiger partial charge in [-0.3, -0.25) is 14.9 Å². The van der Waals surface area contributed by atoms with E-state index in [1.165, 1.54) is 16.8 Å². The molecule has 0 unspecified atom stereocenters. The lowest BCUT2D eigenvalue weighted by Gasteiger charge is -2.07.